The molecular formula is C18H23N. The summed E-state index contributed by atoms with van der Waals surface area (Å²) in [6, 6.07) is 10.9. The topological polar surface area (TPSA) is 4.93 Å². The highest BCUT2D eigenvalue weighted by Gasteiger charge is 2.24. The summed E-state index contributed by atoms with van der Waals surface area (Å²) in [6.45, 7) is 5.77. The third-order valence-electron chi connectivity index (χ3n) is 4.38. The van der Waals surface area contributed by atoms with E-state index in [1.54, 1.807) is 11.3 Å². The summed E-state index contributed by atoms with van der Waals surface area (Å²) in [5.74, 6) is 0. The van der Waals surface area contributed by atoms with Crippen LogP contribution in [0.25, 0.3) is 11.1 Å². The molecule has 0 spiro atoms. The molecule has 1 heterocycles. The molecule has 1 heteroatoms. The van der Waals surface area contributed by atoms with Crippen molar-refractivity contribution in [3.63, 3.8) is 0 Å². The van der Waals surface area contributed by atoms with Crippen LogP contribution in [0.3, 0.4) is 0 Å². The first kappa shape index (κ1) is 12.5. The second kappa shape index (κ2) is 5.24. The van der Waals surface area contributed by atoms with Gasteiger partial charge in [-0.3, -0.25) is 0 Å². The smallest absolute Gasteiger partial charge is 0.0228 e. The summed E-state index contributed by atoms with van der Waals surface area (Å²) in [5.41, 5.74) is 7.63. The van der Waals surface area contributed by atoms with Crippen molar-refractivity contribution in [2.75, 3.05) is 0 Å². The van der Waals surface area contributed by atoms with Gasteiger partial charge in [0.15, 0.2) is 0 Å². The number of rotatable bonds is 4. The second-order valence-electron chi connectivity index (χ2n) is 5.61. The molecular weight excluding hydrogens is 230 g/mol. The van der Waals surface area contributed by atoms with E-state index in [0.29, 0.717) is 0 Å². The molecule has 1 aromatic carbocycles. The van der Waals surface area contributed by atoms with Crippen molar-refractivity contribution < 1.29 is 0 Å². The minimum Gasteiger partial charge on any atom is -0.348 e. The fourth-order valence-corrected chi connectivity index (χ4v) is 3.46. The van der Waals surface area contributed by atoms with Gasteiger partial charge in [-0.05, 0) is 43.7 Å². The van der Waals surface area contributed by atoms with Gasteiger partial charge in [0, 0.05) is 23.5 Å². The monoisotopic (exact) mass is 253 g/mol. The molecule has 0 bridgehead atoms. The lowest BCUT2D eigenvalue weighted by molar-refractivity contribution is 0.600. The van der Waals surface area contributed by atoms with Gasteiger partial charge in [-0.1, -0.05) is 43.7 Å². The lowest BCUT2D eigenvalue weighted by Crippen LogP contribution is -2.04. The SMILES string of the molecule is CCCCn1c(C)c(-c2ccccc2)c2c1CCC2. The van der Waals surface area contributed by atoms with E-state index in [1.807, 2.05) is 0 Å². The summed E-state index contributed by atoms with van der Waals surface area (Å²) in [5, 5.41) is 0. The maximum absolute atomic E-state index is 2.59. The highest BCUT2D eigenvalue weighted by molar-refractivity contribution is 5.72. The van der Waals surface area contributed by atoms with Gasteiger partial charge >= 0.3 is 0 Å². The molecule has 3 rings (SSSR count). The quantitative estimate of drug-likeness (QED) is 0.741. The van der Waals surface area contributed by atoms with Crippen molar-refractivity contribution in [2.45, 2.75) is 52.5 Å². The van der Waals surface area contributed by atoms with Crippen LogP contribution in [0.2, 0.25) is 0 Å². The summed E-state index contributed by atoms with van der Waals surface area (Å²) in [6.07, 6.45) is 6.42. The molecule has 0 amide bonds. The van der Waals surface area contributed by atoms with Crippen LogP contribution in [0.4, 0.5) is 0 Å². The van der Waals surface area contributed by atoms with E-state index in [0.717, 1.165) is 0 Å². The number of nitrogens with zero attached hydrogens (tertiary/aromatic N) is 1. The highest BCUT2D eigenvalue weighted by atomic mass is 15.0. The van der Waals surface area contributed by atoms with Gasteiger partial charge in [0.05, 0.1) is 0 Å². The summed E-state index contributed by atoms with van der Waals surface area (Å²) in [4.78, 5) is 0. The Balaban J connectivity index is 2.10. The molecule has 0 fully saturated rings. The van der Waals surface area contributed by atoms with Crippen LogP contribution in [-0.2, 0) is 19.4 Å². The third-order valence-corrected chi connectivity index (χ3v) is 4.38. The van der Waals surface area contributed by atoms with E-state index in [-0.39, 0.29) is 0 Å². The van der Waals surface area contributed by atoms with Crippen LogP contribution in [0.5, 0.6) is 0 Å². The predicted octanol–water partition coefficient (Wildman–Crippen LogP) is 4.75. The average molecular weight is 253 g/mol. The number of unbranched alkanes of at least 4 members (excludes halogenated alkanes) is 1. The minimum absolute atomic E-state index is 1.19. The van der Waals surface area contributed by atoms with Crippen LogP contribution in [0.1, 0.15) is 43.1 Å². The molecule has 100 valence electrons. The van der Waals surface area contributed by atoms with Crippen molar-refractivity contribution in [1.29, 1.82) is 0 Å². The van der Waals surface area contributed by atoms with Crippen LogP contribution in [-0.4, -0.2) is 4.57 Å². The summed E-state index contributed by atoms with van der Waals surface area (Å²) >= 11 is 0. The van der Waals surface area contributed by atoms with Crippen LogP contribution < -0.4 is 0 Å². The Morgan fingerprint density at radius 1 is 1.11 bits per heavy atom. The van der Waals surface area contributed by atoms with Gasteiger partial charge in [0.2, 0.25) is 0 Å². The van der Waals surface area contributed by atoms with Gasteiger partial charge < -0.3 is 4.57 Å². The molecule has 0 radical (unpaired) electrons. The van der Waals surface area contributed by atoms with Gasteiger partial charge in [0.25, 0.3) is 0 Å². The molecule has 0 aliphatic heterocycles. The molecule has 1 aromatic heterocycles. The molecule has 2 aromatic rings. The van der Waals surface area contributed by atoms with E-state index in [9.17, 15) is 0 Å². The minimum atomic E-state index is 1.19. The zero-order valence-electron chi connectivity index (χ0n) is 12.1. The number of benzene rings is 1. The third kappa shape index (κ3) is 2.11. The van der Waals surface area contributed by atoms with Crippen molar-refractivity contribution in [1.82, 2.24) is 4.57 Å². The number of fused-ring (bicyclic) bond motifs is 1. The largest absolute Gasteiger partial charge is 0.348 e. The van der Waals surface area contributed by atoms with Crippen LogP contribution in [0, 0.1) is 6.92 Å². The number of aromatic nitrogens is 1. The fourth-order valence-electron chi connectivity index (χ4n) is 3.46. The molecule has 0 unspecified atom stereocenters. The second-order valence-corrected chi connectivity index (χ2v) is 5.61. The normalized spacial score (nSPS) is 13.8. The molecule has 0 saturated heterocycles. The molecule has 1 aliphatic carbocycles. The first-order valence-corrected chi connectivity index (χ1v) is 7.59. The Kier molecular flexibility index (Phi) is 3.46. The van der Waals surface area contributed by atoms with Gasteiger partial charge in [-0.2, -0.15) is 0 Å². The maximum Gasteiger partial charge on any atom is 0.0228 e. The van der Waals surface area contributed by atoms with Crippen molar-refractivity contribution in [3.8, 4) is 11.1 Å². The van der Waals surface area contributed by atoms with E-state index < -0.39 is 0 Å². The lowest BCUT2D eigenvalue weighted by atomic mass is 10.0. The highest BCUT2D eigenvalue weighted by Crippen LogP contribution is 2.37. The first-order chi connectivity index (χ1) is 9.33. The zero-order chi connectivity index (χ0) is 13.2. The summed E-state index contributed by atoms with van der Waals surface area (Å²) in [7, 11) is 0. The van der Waals surface area contributed by atoms with Crippen molar-refractivity contribution in [3.05, 3.63) is 47.3 Å². The lowest BCUT2D eigenvalue weighted by Gasteiger charge is -2.10. The average Bonchev–Trinajstić information content (AvgIpc) is 2.98. The Hall–Kier alpha value is -1.50. The van der Waals surface area contributed by atoms with E-state index in [1.165, 1.54) is 55.5 Å². The fraction of sp³-hybridized carbons (Fsp3) is 0.444. The van der Waals surface area contributed by atoms with Gasteiger partial charge in [-0.25, -0.2) is 0 Å². The molecule has 19 heavy (non-hydrogen) atoms. The Bertz CT molecular complexity index is 563. The molecule has 0 saturated carbocycles. The van der Waals surface area contributed by atoms with Gasteiger partial charge in [0.1, 0.15) is 0 Å². The van der Waals surface area contributed by atoms with E-state index in [4.69, 9.17) is 0 Å². The zero-order valence-corrected chi connectivity index (χ0v) is 12.1. The molecule has 0 atom stereocenters. The van der Waals surface area contributed by atoms with E-state index >= 15 is 0 Å². The maximum atomic E-state index is 2.59. The van der Waals surface area contributed by atoms with Crippen molar-refractivity contribution >= 4 is 0 Å². The first-order valence-electron chi connectivity index (χ1n) is 7.59. The molecule has 0 N–H and O–H groups in total. The van der Waals surface area contributed by atoms with Crippen LogP contribution >= 0.6 is 0 Å². The number of hydrogen-bond acceptors (Lipinski definition) is 0. The Morgan fingerprint density at radius 3 is 2.63 bits per heavy atom. The van der Waals surface area contributed by atoms with E-state index in [2.05, 4.69) is 48.7 Å². The predicted molar refractivity (Wildman–Crippen MR) is 81.5 cm³/mol. The van der Waals surface area contributed by atoms with Gasteiger partial charge in [-0.15, -0.1) is 0 Å². The number of hydrogen-bond donors (Lipinski definition) is 0. The Labute approximate surface area is 116 Å². The Morgan fingerprint density at radius 2 is 1.89 bits per heavy atom. The molecule has 1 aliphatic rings. The van der Waals surface area contributed by atoms with Crippen LogP contribution in [0.15, 0.2) is 30.3 Å². The molecule has 1 nitrogen and oxygen atoms in total. The standard InChI is InChI=1S/C18H23N/c1-3-4-13-19-14(2)18(15-9-6-5-7-10-15)16-11-8-12-17(16)19/h5-7,9-10H,3-4,8,11-13H2,1-2H3. The van der Waals surface area contributed by atoms with Crippen molar-refractivity contribution in [2.24, 2.45) is 0 Å². The summed E-state index contributed by atoms with van der Waals surface area (Å²) < 4.78 is 2.59.